The standard InChI is InChI=1S/C16H31N3O2/c1-4-19(11-15(20)18-12(2)3)16(21)14-7-5-6-13(10-14)8-9-17/h12-14H,4-11,17H2,1-3H3,(H,18,20). The van der Waals surface area contributed by atoms with Crippen LogP contribution in [0.2, 0.25) is 0 Å². The van der Waals surface area contributed by atoms with E-state index < -0.39 is 0 Å². The Balaban J connectivity index is 2.55. The van der Waals surface area contributed by atoms with Crippen molar-refractivity contribution >= 4 is 11.8 Å². The zero-order chi connectivity index (χ0) is 15.8. The molecule has 5 nitrogen and oxygen atoms in total. The Hall–Kier alpha value is -1.10. The summed E-state index contributed by atoms with van der Waals surface area (Å²) in [4.78, 5) is 26.2. The van der Waals surface area contributed by atoms with Crippen LogP contribution in [0.25, 0.3) is 0 Å². The quantitative estimate of drug-likeness (QED) is 0.748. The minimum absolute atomic E-state index is 0.0714. The van der Waals surface area contributed by atoms with Crippen molar-refractivity contribution in [3.63, 3.8) is 0 Å². The predicted octanol–water partition coefficient (Wildman–Crippen LogP) is 1.51. The molecule has 1 rings (SSSR count). The van der Waals surface area contributed by atoms with Gasteiger partial charge in [0.25, 0.3) is 0 Å². The predicted molar refractivity (Wildman–Crippen MR) is 84.7 cm³/mol. The minimum Gasteiger partial charge on any atom is -0.352 e. The molecule has 0 heterocycles. The zero-order valence-electron chi connectivity index (χ0n) is 13.7. The van der Waals surface area contributed by atoms with E-state index in [1.54, 1.807) is 4.90 Å². The SMILES string of the molecule is CCN(CC(=O)NC(C)C)C(=O)C1CCCC(CCN)C1. The van der Waals surface area contributed by atoms with E-state index >= 15 is 0 Å². The third-order valence-electron chi connectivity index (χ3n) is 4.18. The third kappa shape index (κ3) is 6.04. The van der Waals surface area contributed by atoms with E-state index in [1.807, 2.05) is 20.8 Å². The molecular formula is C16H31N3O2. The molecule has 5 heteroatoms. The van der Waals surface area contributed by atoms with Crippen LogP contribution < -0.4 is 11.1 Å². The summed E-state index contributed by atoms with van der Waals surface area (Å²) in [6, 6.07) is 0.106. The second-order valence-electron chi connectivity index (χ2n) is 6.38. The highest BCUT2D eigenvalue weighted by Gasteiger charge is 2.30. The topological polar surface area (TPSA) is 75.4 Å². The van der Waals surface area contributed by atoms with Crippen LogP contribution in [-0.4, -0.2) is 42.4 Å². The van der Waals surface area contributed by atoms with Gasteiger partial charge in [-0.1, -0.05) is 12.8 Å². The number of nitrogens with two attached hydrogens (primary N) is 1. The largest absolute Gasteiger partial charge is 0.352 e. The lowest BCUT2D eigenvalue weighted by Crippen LogP contribution is -2.45. The Morgan fingerprint density at radius 3 is 2.62 bits per heavy atom. The summed E-state index contributed by atoms with van der Waals surface area (Å²) < 4.78 is 0. The Morgan fingerprint density at radius 1 is 1.33 bits per heavy atom. The fourth-order valence-corrected chi connectivity index (χ4v) is 3.16. The van der Waals surface area contributed by atoms with Crippen LogP contribution >= 0.6 is 0 Å². The van der Waals surface area contributed by atoms with Crippen molar-refractivity contribution in [2.24, 2.45) is 17.6 Å². The van der Waals surface area contributed by atoms with Crippen LogP contribution in [0.3, 0.4) is 0 Å². The molecule has 2 unspecified atom stereocenters. The van der Waals surface area contributed by atoms with Crippen molar-refractivity contribution in [3.8, 4) is 0 Å². The highest BCUT2D eigenvalue weighted by Crippen LogP contribution is 2.31. The first-order valence-corrected chi connectivity index (χ1v) is 8.26. The average molecular weight is 297 g/mol. The maximum Gasteiger partial charge on any atom is 0.239 e. The molecule has 1 saturated carbocycles. The van der Waals surface area contributed by atoms with Crippen molar-refractivity contribution in [3.05, 3.63) is 0 Å². The van der Waals surface area contributed by atoms with Crippen molar-refractivity contribution in [1.29, 1.82) is 0 Å². The van der Waals surface area contributed by atoms with Crippen LogP contribution in [0.4, 0.5) is 0 Å². The zero-order valence-corrected chi connectivity index (χ0v) is 13.7. The monoisotopic (exact) mass is 297 g/mol. The summed E-state index contributed by atoms with van der Waals surface area (Å²) in [5.41, 5.74) is 5.63. The first-order chi connectivity index (χ1) is 9.97. The van der Waals surface area contributed by atoms with E-state index in [-0.39, 0.29) is 30.3 Å². The summed E-state index contributed by atoms with van der Waals surface area (Å²) >= 11 is 0. The Morgan fingerprint density at radius 2 is 2.05 bits per heavy atom. The lowest BCUT2D eigenvalue weighted by atomic mass is 9.79. The molecular weight excluding hydrogens is 266 g/mol. The molecule has 0 aromatic rings. The number of rotatable bonds is 7. The van der Waals surface area contributed by atoms with Gasteiger partial charge < -0.3 is 16.0 Å². The molecule has 0 spiro atoms. The molecule has 0 radical (unpaired) electrons. The minimum atomic E-state index is -0.0745. The van der Waals surface area contributed by atoms with Crippen LogP contribution in [0, 0.1) is 11.8 Å². The first-order valence-electron chi connectivity index (χ1n) is 8.26. The molecule has 2 amide bonds. The van der Waals surface area contributed by atoms with Crippen molar-refractivity contribution in [2.45, 2.75) is 58.9 Å². The smallest absolute Gasteiger partial charge is 0.239 e. The van der Waals surface area contributed by atoms with Gasteiger partial charge in [0.05, 0.1) is 6.54 Å². The maximum atomic E-state index is 12.6. The second-order valence-corrected chi connectivity index (χ2v) is 6.38. The van der Waals surface area contributed by atoms with Gasteiger partial charge in [0.1, 0.15) is 0 Å². The lowest BCUT2D eigenvalue weighted by Gasteiger charge is -2.32. The van der Waals surface area contributed by atoms with E-state index in [2.05, 4.69) is 5.32 Å². The van der Waals surface area contributed by atoms with E-state index in [0.717, 1.165) is 25.7 Å². The summed E-state index contributed by atoms with van der Waals surface area (Å²) in [6.07, 6.45) is 5.15. The maximum absolute atomic E-state index is 12.6. The number of hydrogen-bond acceptors (Lipinski definition) is 3. The molecule has 1 aliphatic carbocycles. The second kappa shape index (κ2) is 9.03. The van der Waals surface area contributed by atoms with Gasteiger partial charge in [0.15, 0.2) is 0 Å². The van der Waals surface area contributed by atoms with Gasteiger partial charge >= 0.3 is 0 Å². The fourth-order valence-electron chi connectivity index (χ4n) is 3.16. The molecule has 0 saturated heterocycles. The number of nitrogens with zero attached hydrogens (tertiary/aromatic N) is 1. The van der Waals surface area contributed by atoms with Gasteiger partial charge in [0, 0.05) is 18.5 Å². The fraction of sp³-hybridized carbons (Fsp3) is 0.875. The normalized spacial score (nSPS) is 22.1. The highest BCUT2D eigenvalue weighted by atomic mass is 16.2. The number of carbonyl (C=O) groups excluding carboxylic acids is 2. The van der Waals surface area contributed by atoms with Crippen molar-refractivity contribution in [1.82, 2.24) is 10.2 Å². The molecule has 0 bridgehead atoms. The Labute approximate surface area is 128 Å². The average Bonchev–Trinajstić information content (AvgIpc) is 2.44. The van der Waals surface area contributed by atoms with E-state index in [9.17, 15) is 9.59 Å². The van der Waals surface area contributed by atoms with Gasteiger partial charge in [-0.15, -0.1) is 0 Å². The lowest BCUT2D eigenvalue weighted by molar-refractivity contribution is -0.140. The van der Waals surface area contributed by atoms with Gasteiger partial charge in [0.2, 0.25) is 11.8 Å². The molecule has 2 atom stereocenters. The molecule has 0 aromatic carbocycles. The molecule has 0 aromatic heterocycles. The van der Waals surface area contributed by atoms with Crippen molar-refractivity contribution < 1.29 is 9.59 Å². The van der Waals surface area contributed by atoms with Crippen LogP contribution in [0.5, 0.6) is 0 Å². The van der Waals surface area contributed by atoms with Gasteiger partial charge in [-0.3, -0.25) is 9.59 Å². The number of amides is 2. The summed E-state index contributed by atoms with van der Waals surface area (Å²) in [6.45, 7) is 7.23. The Kier molecular flexibility index (Phi) is 7.72. The Bertz CT molecular complexity index is 342. The third-order valence-corrected chi connectivity index (χ3v) is 4.18. The van der Waals surface area contributed by atoms with Crippen molar-refractivity contribution in [2.75, 3.05) is 19.6 Å². The number of likely N-dealkylation sites (N-methyl/N-ethyl adjacent to an activating group) is 1. The molecule has 0 aliphatic heterocycles. The molecule has 1 aliphatic rings. The molecule has 21 heavy (non-hydrogen) atoms. The highest BCUT2D eigenvalue weighted by molar-refractivity contribution is 5.86. The summed E-state index contributed by atoms with van der Waals surface area (Å²) in [5.74, 6) is 0.704. The van der Waals surface area contributed by atoms with Gasteiger partial charge in [-0.25, -0.2) is 0 Å². The van der Waals surface area contributed by atoms with Gasteiger partial charge in [-0.2, -0.15) is 0 Å². The summed E-state index contributed by atoms with van der Waals surface area (Å²) in [7, 11) is 0. The molecule has 3 N–H and O–H groups in total. The summed E-state index contributed by atoms with van der Waals surface area (Å²) in [5, 5.41) is 2.85. The van der Waals surface area contributed by atoms with Gasteiger partial charge in [-0.05, 0) is 52.5 Å². The van der Waals surface area contributed by atoms with Crippen LogP contribution in [0.15, 0.2) is 0 Å². The number of hydrogen-bond donors (Lipinski definition) is 2. The number of carbonyl (C=O) groups is 2. The van der Waals surface area contributed by atoms with E-state index in [4.69, 9.17) is 5.73 Å². The van der Waals surface area contributed by atoms with E-state index in [0.29, 0.717) is 19.0 Å². The first kappa shape index (κ1) is 18.0. The molecule has 122 valence electrons. The van der Waals surface area contributed by atoms with E-state index in [1.165, 1.54) is 6.42 Å². The molecule has 1 fully saturated rings. The number of nitrogens with one attached hydrogen (secondary N) is 1. The van der Waals surface area contributed by atoms with Crippen LogP contribution in [-0.2, 0) is 9.59 Å². The van der Waals surface area contributed by atoms with Crippen LogP contribution in [0.1, 0.15) is 52.9 Å².